The van der Waals surface area contributed by atoms with Gasteiger partial charge in [-0.1, -0.05) is 50.3 Å². The molecule has 0 radical (unpaired) electrons. The van der Waals surface area contributed by atoms with E-state index in [1.807, 2.05) is 0 Å². The van der Waals surface area contributed by atoms with Gasteiger partial charge >= 0.3 is 0 Å². The Morgan fingerprint density at radius 1 is 1.30 bits per heavy atom. The van der Waals surface area contributed by atoms with Crippen LogP contribution < -0.4 is 0 Å². The molecular weight excluding hydrogens is 255 g/mol. The van der Waals surface area contributed by atoms with Crippen molar-refractivity contribution in [3.05, 3.63) is 0 Å². The van der Waals surface area contributed by atoms with E-state index < -0.39 is 0 Å². The maximum atomic E-state index is 2.60. The zero-order chi connectivity index (χ0) is 7.94. The maximum absolute atomic E-state index is 2.60. The summed E-state index contributed by atoms with van der Waals surface area (Å²) in [6.07, 6.45) is 0. The lowest BCUT2D eigenvalue weighted by atomic mass is 9.85. The van der Waals surface area contributed by atoms with Crippen molar-refractivity contribution in [2.45, 2.75) is 42.1 Å². The molecule has 0 nitrogen and oxygen atoms in total. The van der Waals surface area contributed by atoms with Gasteiger partial charge in [0.15, 0.2) is 0 Å². The fraction of sp³-hybridized carbons (Fsp3) is 1.00. The third-order valence-electron chi connectivity index (χ3n) is 2.59. The van der Waals surface area contributed by atoms with Crippen LogP contribution in [0.5, 0.6) is 0 Å². The highest BCUT2D eigenvalue weighted by atomic mass is 127. The minimum Gasteiger partial charge on any atom is -0.154 e. The second-order valence-electron chi connectivity index (χ2n) is 3.71. The summed E-state index contributed by atoms with van der Waals surface area (Å²) in [5, 5.41) is 1.66. The van der Waals surface area contributed by atoms with Crippen molar-refractivity contribution in [3.8, 4) is 0 Å². The van der Waals surface area contributed by atoms with E-state index in [4.69, 9.17) is 0 Å². The Kier molecular flexibility index (Phi) is 2.61. The monoisotopic (exact) mass is 270 g/mol. The number of alkyl halides is 1. The molecule has 1 heterocycles. The second kappa shape index (κ2) is 2.85. The van der Waals surface area contributed by atoms with Gasteiger partial charge in [0, 0.05) is 14.4 Å². The Morgan fingerprint density at radius 3 is 1.90 bits per heavy atom. The third-order valence-corrected chi connectivity index (χ3v) is 7.48. The Balaban J connectivity index is 2.75. The lowest BCUT2D eigenvalue weighted by Crippen LogP contribution is -2.28. The summed E-state index contributed by atoms with van der Waals surface area (Å²) in [6, 6.07) is 0. The van der Waals surface area contributed by atoms with Crippen molar-refractivity contribution in [2.24, 2.45) is 5.41 Å². The summed E-state index contributed by atoms with van der Waals surface area (Å²) in [7, 11) is 0. The highest BCUT2D eigenvalue weighted by molar-refractivity contribution is 14.1. The van der Waals surface area contributed by atoms with Crippen LogP contribution in [0.15, 0.2) is 0 Å². The molecule has 1 saturated heterocycles. The van der Waals surface area contributed by atoms with Crippen LogP contribution in [0.2, 0.25) is 0 Å². The molecule has 3 unspecified atom stereocenters. The molecule has 0 saturated carbocycles. The first-order chi connectivity index (χ1) is 4.46. The Bertz CT molecular complexity index is 133. The van der Waals surface area contributed by atoms with Crippen molar-refractivity contribution in [3.63, 3.8) is 0 Å². The summed E-state index contributed by atoms with van der Waals surface area (Å²) < 4.78 is 0.838. The van der Waals surface area contributed by atoms with Gasteiger partial charge in [-0.3, -0.25) is 0 Å². The first kappa shape index (κ1) is 9.17. The largest absolute Gasteiger partial charge is 0.154 e. The minimum absolute atomic E-state index is 0.532. The molecule has 1 aliphatic heterocycles. The number of hydrogen-bond acceptors (Lipinski definition) is 1. The normalized spacial score (nSPS) is 45.9. The summed E-state index contributed by atoms with van der Waals surface area (Å²) >= 11 is 4.72. The van der Waals surface area contributed by atoms with Gasteiger partial charge in [-0.05, 0) is 5.41 Å². The summed E-state index contributed by atoms with van der Waals surface area (Å²) in [5.74, 6) is 0. The lowest BCUT2D eigenvalue weighted by Gasteiger charge is -2.26. The van der Waals surface area contributed by atoms with E-state index in [0.717, 1.165) is 14.4 Å². The molecule has 10 heavy (non-hydrogen) atoms. The minimum atomic E-state index is 0.532. The predicted molar refractivity (Wildman–Crippen MR) is 58.1 cm³/mol. The van der Waals surface area contributed by atoms with Gasteiger partial charge in [-0.25, -0.2) is 0 Å². The SMILES string of the molecule is CC1SC(C)C(C)(C)C1I. The smallest absolute Gasteiger partial charge is 0.0287 e. The van der Waals surface area contributed by atoms with E-state index in [0.29, 0.717) is 5.41 Å². The van der Waals surface area contributed by atoms with E-state index in [9.17, 15) is 0 Å². The van der Waals surface area contributed by atoms with Crippen molar-refractivity contribution in [1.29, 1.82) is 0 Å². The van der Waals surface area contributed by atoms with E-state index in [1.54, 1.807) is 0 Å². The molecule has 0 aromatic heterocycles. The quantitative estimate of drug-likeness (QED) is 0.480. The molecule has 0 spiro atoms. The number of halogens is 1. The van der Waals surface area contributed by atoms with Crippen molar-refractivity contribution in [2.75, 3.05) is 0 Å². The van der Waals surface area contributed by atoms with E-state index in [-0.39, 0.29) is 0 Å². The van der Waals surface area contributed by atoms with Crippen molar-refractivity contribution < 1.29 is 0 Å². The van der Waals surface area contributed by atoms with Gasteiger partial charge in [-0.15, -0.1) is 0 Å². The number of hydrogen-bond donors (Lipinski definition) is 0. The van der Waals surface area contributed by atoms with Gasteiger partial charge in [-0.2, -0.15) is 11.8 Å². The van der Waals surface area contributed by atoms with Crippen LogP contribution in [0.3, 0.4) is 0 Å². The van der Waals surface area contributed by atoms with Gasteiger partial charge in [0.1, 0.15) is 0 Å². The molecule has 0 N–H and O–H groups in total. The number of rotatable bonds is 0. The molecule has 1 fully saturated rings. The third kappa shape index (κ3) is 1.33. The average molecular weight is 270 g/mol. The van der Waals surface area contributed by atoms with Crippen LogP contribution in [0.1, 0.15) is 27.7 Å². The molecule has 0 bridgehead atoms. The van der Waals surface area contributed by atoms with Gasteiger partial charge in [0.2, 0.25) is 0 Å². The van der Waals surface area contributed by atoms with Crippen LogP contribution in [0.4, 0.5) is 0 Å². The zero-order valence-corrected chi connectivity index (χ0v) is 9.99. The molecule has 60 valence electrons. The first-order valence-corrected chi connectivity index (χ1v) is 5.94. The molecule has 0 aliphatic carbocycles. The van der Waals surface area contributed by atoms with Crippen molar-refractivity contribution >= 4 is 34.4 Å². The topological polar surface area (TPSA) is 0 Å². The molecular formula is C8H15IS. The highest BCUT2D eigenvalue weighted by Gasteiger charge is 2.43. The standard InChI is InChI=1S/C8H15IS/c1-5-7(9)8(3,4)6(2)10-5/h5-7H,1-4H3. The maximum Gasteiger partial charge on any atom is 0.0287 e. The lowest BCUT2D eigenvalue weighted by molar-refractivity contribution is 0.380. The second-order valence-corrected chi connectivity index (χ2v) is 6.77. The van der Waals surface area contributed by atoms with Gasteiger partial charge in [0.05, 0.1) is 0 Å². The van der Waals surface area contributed by atoms with Gasteiger partial charge in [0.25, 0.3) is 0 Å². The molecule has 0 aromatic rings. The molecule has 1 aliphatic rings. The van der Waals surface area contributed by atoms with E-state index in [2.05, 4.69) is 62.0 Å². The molecule has 2 heteroatoms. The molecule has 0 aromatic carbocycles. The first-order valence-electron chi connectivity index (χ1n) is 3.76. The van der Waals surface area contributed by atoms with E-state index >= 15 is 0 Å². The van der Waals surface area contributed by atoms with Crippen LogP contribution in [-0.2, 0) is 0 Å². The van der Waals surface area contributed by atoms with Gasteiger partial charge < -0.3 is 0 Å². The average Bonchev–Trinajstić information content (AvgIpc) is 1.97. The highest BCUT2D eigenvalue weighted by Crippen LogP contribution is 2.50. The van der Waals surface area contributed by atoms with Crippen LogP contribution in [0.25, 0.3) is 0 Å². The molecule has 3 atom stereocenters. The van der Waals surface area contributed by atoms with Crippen LogP contribution >= 0.6 is 34.4 Å². The summed E-state index contributed by atoms with van der Waals surface area (Å²) in [4.78, 5) is 0. The Hall–Kier alpha value is 1.08. The Morgan fingerprint density at radius 2 is 1.80 bits per heavy atom. The van der Waals surface area contributed by atoms with E-state index in [1.165, 1.54) is 0 Å². The summed E-state index contributed by atoms with van der Waals surface area (Å²) in [5.41, 5.74) is 0.532. The zero-order valence-electron chi connectivity index (χ0n) is 7.02. The molecule has 0 amide bonds. The predicted octanol–water partition coefficient (Wildman–Crippen LogP) is 3.34. The summed E-state index contributed by atoms with van der Waals surface area (Å²) in [6.45, 7) is 9.45. The molecule has 1 rings (SSSR count). The van der Waals surface area contributed by atoms with Crippen LogP contribution in [0, 0.1) is 5.41 Å². The number of thioether (sulfide) groups is 1. The van der Waals surface area contributed by atoms with Crippen molar-refractivity contribution in [1.82, 2.24) is 0 Å². The fourth-order valence-corrected chi connectivity index (χ4v) is 4.32. The van der Waals surface area contributed by atoms with Crippen LogP contribution in [-0.4, -0.2) is 14.4 Å². The Labute approximate surface area is 81.7 Å². The fourth-order valence-electron chi connectivity index (χ4n) is 1.40.